The van der Waals surface area contributed by atoms with Gasteiger partial charge in [0.2, 0.25) is 0 Å². The Labute approximate surface area is 55.2 Å². The van der Waals surface area contributed by atoms with Crippen LogP contribution in [0.4, 0.5) is 0 Å². The zero-order valence-corrected chi connectivity index (χ0v) is 6.08. The average molecular weight is 130 g/mol. The molecule has 1 aliphatic heterocycles. The van der Waals surface area contributed by atoms with Crippen molar-refractivity contribution in [2.24, 2.45) is 0 Å². The van der Waals surface area contributed by atoms with Crippen LogP contribution in [0, 0.1) is 0 Å². The van der Waals surface area contributed by atoms with Gasteiger partial charge in [-0.2, -0.15) is 18.8 Å². The summed E-state index contributed by atoms with van der Waals surface area (Å²) in [7, 11) is 1.93. The molecule has 48 valence electrons. The molecule has 8 heavy (non-hydrogen) atoms. The molecular weight excluding hydrogens is 118 g/mol. The van der Waals surface area contributed by atoms with Crippen molar-refractivity contribution in [3.05, 3.63) is 5.32 Å². The van der Waals surface area contributed by atoms with Crippen molar-refractivity contribution in [3.63, 3.8) is 0 Å². The van der Waals surface area contributed by atoms with Crippen LogP contribution in [0.15, 0.2) is 0 Å². The molecule has 0 saturated carbocycles. The highest BCUT2D eigenvalue weighted by Gasteiger charge is 2.02. The van der Waals surface area contributed by atoms with E-state index in [2.05, 4.69) is 5.32 Å². The second kappa shape index (κ2) is 3.36. The van der Waals surface area contributed by atoms with Gasteiger partial charge in [0.05, 0.1) is 0 Å². The summed E-state index contributed by atoms with van der Waals surface area (Å²) in [6.07, 6.45) is 2.69. The largest absolute Gasteiger partial charge is 0.662 e. The first-order chi connectivity index (χ1) is 3.93. The van der Waals surface area contributed by atoms with Gasteiger partial charge in [-0.3, -0.25) is 0 Å². The van der Waals surface area contributed by atoms with Crippen LogP contribution in [0.5, 0.6) is 0 Å². The lowest BCUT2D eigenvalue weighted by atomic mass is 10.2. The van der Waals surface area contributed by atoms with Crippen LogP contribution in [-0.2, 0) is 0 Å². The highest BCUT2D eigenvalue weighted by Crippen LogP contribution is 2.20. The molecule has 0 aromatic carbocycles. The molecule has 0 aliphatic carbocycles. The predicted octanol–water partition coefficient (Wildman–Crippen LogP) is 1.89. The first-order valence-corrected chi connectivity index (χ1v) is 4.25. The summed E-state index contributed by atoms with van der Waals surface area (Å²) in [6.45, 7) is 0. The molecule has 1 heterocycles. The van der Waals surface area contributed by atoms with Gasteiger partial charge in [-0.1, -0.05) is 6.42 Å². The van der Waals surface area contributed by atoms with Crippen molar-refractivity contribution in [2.45, 2.75) is 18.9 Å². The standard InChI is InChI=1S/C6H12NS/c1-7-6-3-2-4-8-5-6/h6H,2-5H2,1H3/q-1. The first kappa shape index (κ1) is 6.43. The first-order valence-electron chi connectivity index (χ1n) is 3.10. The Balaban J connectivity index is 2.13. The van der Waals surface area contributed by atoms with Gasteiger partial charge in [-0.15, -0.1) is 6.04 Å². The summed E-state index contributed by atoms with van der Waals surface area (Å²) >= 11 is 2.03. The van der Waals surface area contributed by atoms with E-state index >= 15 is 0 Å². The predicted molar refractivity (Wildman–Crippen MR) is 39.6 cm³/mol. The van der Waals surface area contributed by atoms with E-state index in [0.717, 1.165) is 0 Å². The third-order valence-corrected chi connectivity index (χ3v) is 2.70. The Morgan fingerprint density at radius 3 is 2.88 bits per heavy atom. The van der Waals surface area contributed by atoms with Gasteiger partial charge < -0.3 is 5.32 Å². The monoisotopic (exact) mass is 130 g/mol. The molecule has 1 atom stereocenters. The van der Waals surface area contributed by atoms with Crippen LogP contribution >= 0.6 is 11.8 Å². The molecule has 0 bridgehead atoms. The fourth-order valence-electron chi connectivity index (χ4n) is 0.927. The average Bonchev–Trinajstić information content (AvgIpc) is 1.90. The fourth-order valence-corrected chi connectivity index (χ4v) is 2.05. The Morgan fingerprint density at radius 1 is 1.62 bits per heavy atom. The number of rotatable bonds is 1. The molecule has 0 N–H and O–H groups in total. The molecule has 1 unspecified atom stereocenters. The van der Waals surface area contributed by atoms with E-state index in [1.54, 1.807) is 0 Å². The van der Waals surface area contributed by atoms with Gasteiger partial charge in [0.1, 0.15) is 0 Å². The number of nitrogens with zero attached hydrogens (tertiary/aromatic N) is 1. The molecule has 0 aromatic heterocycles. The summed E-state index contributed by atoms with van der Waals surface area (Å²) in [5.74, 6) is 2.61. The lowest BCUT2D eigenvalue weighted by Crippen LogP contribution is -2.14. The minimum absolute atomic E-state index is 0.675. The van der Waals surface area contributed by atoms with E-state index in [9.17, 15) is 0 Å². The molecule has 0 radical (unpaired) electrons. The van der Waals surface area contributed by atoms with Gasteiger partial charge in [0, 0.05) is 0 Å². The summed E-state index contributed by atoms with van der Waals surface area (Å²) in [5, 5.41) is 4.23. The molecule has 0 aromatic rings. The minimum atomic E-state index is 0.675. The highest BCUT2D eigenvalue weighted by atomic mass is 32.2. The third-order valence-electron chi connectivity index (χ3n) is 1.50. The molecule has 2 heteroatoms. The zero-order chi connectivity index (χ0) is 5.82. The molecule has 0 spiro atoms. The van der Waals surface area contributed by atoms with Gasteiger partial charge in [0.15, 0.2) is 0 Å². The van der Waals surface area contributed by atoms with Crippen molar-refractivity contribution < 1.29 is 0 Å². The normalized spacial score (nSPS) is 30.4. The summed E-state index contributed by atoms with van der Waals surface area (Å²) in [4.78, 5) is 0. The minimum Gasteiger partial charge on any atom is -0.662 e. The molecule has 0 amide bonds. The van der Waals surface area contributed by atoms with E-state index in [0.29, 0.717) is 6.04 Å². The topological polar surface area (TPSA) is 14.1 Å². The molecular formula is C6H12NS-. The van der Waals surface area contributed by atoms with Crippen molar-refractivity contribution in [2.75, 3.05) is 18.6 Å². The van der Waals surface area contributed by atoms with Crippen molar-refractivity contribution in [1.82, 2.24) is 0 Å². The molecule has 1 rings (SSSR count). The fraction of sp³-hybridized carbons (Fsp3) is 1.00. The smallest absolute Gasteiger partial charge is 0.00686 e. The van der Waals surface area contributed by atoms with Gasteiger partial charge in [-0.25, -0.2) is 0 Å². The van der Waals surface area contributed by atoms with Crippen LogP contribution in [0.3, 0.4) is 0 Å². The van der Waals surface area contributed by atoms with E-state index < -0.39 is 0 Å². The molecule has 1 fully saturated rings. The van der Waals surface area contributed by atoms with Crippen LogP contribution in [0.25, 0.3) is 5.32 Å². The van der Waals surface area contributed by atoms with E-state index in [-0.39, 0.29) is 0 Å². The van der Waals surface area contributed by atoms with Gasteiger partial charge >= 0.3 is 0 Å². The van der Waals surface area contributed by atoms with Crippen LogP contribution in [0.2, 0.25) is 0 Å². The van der Waals surface area contributed by atoms with Crippen molar-refractivity contribution >= 4 is 11.8 Å². The highest BCUT2D eigenvalue weighted by molar-refractivity contribution is 7.99. The van der Waals surface area contributed by atoms with Crippen LogP contribution < -0.4 is 0 Å². The summed E-state index contributed by atoms with van der Waals surface area (Å²) < 4.78 is 0. The number of hydrogen-bond acceptors (Lipinski definition) is 1. The van der Waals surface area contributed by atoms with Gasteiger partial charge in [0.25, 0.3) is 0 Å². The number of hydrogen-bond donors (Lipinski definition) is 0. The quantitative estimate of drug-likeness (QED) is 0.528. The van der Waals surface area contributed by atoms with Crippen LogP contribution in [-0.4, -0.2) is 24.6 Å². The van der Waals surface area contributed by atoms with Crippen molar-refractivity contribution in [3.8, 4) is 0 Å². The molecule has 1 nitrogen and oxygen atoms in total. The van der Waals surface area contributed by atoms with Crippen LogP contribution in [0.1, 0.15) is 12.8 Å². The molecule has 1 aliphatic rings. The Kier molecular flexibility index (Phi) is 2.70. The summed E-state index contributed by atoms with van der Waals surface area (Å²) in [5.41, 5.74) is 0. The Hall–Kier alpha value is 0.310. The van der Waals surface area contributed by atoms with Crippen molar-refractivity contribution in [1.29, 1.82) is 0 Å². The zero-order valence-electron chi connectivity index (χ0n) is 5.26. The Bertz CT molecular complexity index is 59.5. The lowest BCUT2D eigenvalue weighted by molar-refractivity contribution is 0.701. The Morgan fingerprint density at radius 2 is 2.50 bits per heavy atom. The van der Waals surface area contributed by atoms with Gasteiger partial charge in [-0.05, 0) is 17.9 Å². The maximum Gasteiger partial charge on any atom is -0.00686 e. The van der Waals surface area contributed by atoms with E-state index in [4.69, 9.17) is 0 Å². The second-order valence-electron chi connectivity index (χ2n) is 2.13. The maximum atomic E-state index is 4.23. The lowest BCUT2D eigenvalue weighted by Gasteiger charge is -2.30. The molecule has 1 saturated heterocycles. The van der Waals surface area contributed by atoms with E-state index in [1.807, 2.05) is 18.8 Å². The maximum absolute atomic E-state index is 4.23. The number of thioether (sulfide) groups is 1. The third kappa shape index (κ3) is 1.67. The summed E-state index contributed by atoms with van der Waals surface area (Å²) in [6, 6.07) is 0.675. The van der Waals surface area contributed by atoms with E-state index in [1.165, 1.54) is 24.3 Å². The SMILES string of the molecule is C[N-]C1CCCSC1. The second-order valence-corrected chi connectivity index (χ2v) is 3.28.